The van der Waals surface area contributed by atoms with Crippen LogP contribution in [0.5, 0.6) is 0 Å². The van der Waals surface area contributed by atoms with Crippen molar-refractivity contribution in [2.24, 2.45) is 16.2 Å². The first-order valence-corrected chi connectivity index (χ1v) is 5.97. The van der Waals surface area contributed by atoms with E-state index in [9.17, 15) is 9.59 Å². The van der Waals surface area contributed by atoms with Gasteiger partial charge >= 0.3 is 0 Å². The monoisotopic (exact) mass is 226 g/mol. The molecule has 0 aliphatic heterocycles. The van der Waals surface area contributed by atoms with Crippen LogP contribution in [0.4, 0.5) is 0 Å². The quantitative estimate of drug-likeness (QED) is 0.689. The average Bonchev–Trinajstić information content (AvgIpc) is 2.11. The van der Waals surface area contributed by atoms with Gasteiger partial charge in [0.25, 0.3) is 0 Å². The van der Waals surface area contributed by atoms with Crippen molar-refractivity contribution in [3.63, 3.8) is 0 Å². The molecule has 0 radical (unpaired) electrons. The van der Waals surface area contributed by atoms with Gasteiger partial charge in [0.05, 0.1) is 5.41 Å². The Kier molecular flexibility index (Phi) is 4.13. The zero-order valence-electron chi connectivity index (χ0n) is 12.0. The van der Waals surface area contributed by atoms with Gasteiger partial charge in [0.15, 0.2) is 11.6 Å². The fraction of sp³-hybridized carbons (Fsp3) is 0.857. The van der Waals surface area contributed by atoms with Crippen LogP contribution in [0.3, 0.4) is 0 Å². The minimum Gasteiger partial charge on any atom is -0.298 e. The standard InChI is InChI=1S/C14H26O2/c1-9-14(8,10(15)12(2,3)4)11(16)13(5,6)7/h9H2,1-8H3. The third-order valence-electron chi connectivity index (χ3n) is 3.07. The third kappa shape index (κ3) is 2.93. The van der Waals surface area contributed by atoms with Crippen LogP contribution in [-0.2, 0) is 9.59 Å². The molecule has 0 aromatic heterocycles. The van der Waals surface area contributed by atoms with Crippen LogP contribution in [-0.4, -0.2) is 11.6 Å². The van der Waals surface area contributed by atoms with Crippen molar-refractivity contribution in [3.05, 3.63) is 0 Å². The lowest BCUT2D eigenvalue weighted by Gasteiger charge is -2.36. The molecule has 94 valence electrons. The van der Waals surface area contributed by atoms with E-state index in [1.54, 1.807) is 6.92 Å². The molecule has 0 saturated heterocycles. The van der Waals surface area contributed by atoms with Crippen LogP contribution in [0.15, 0.2) is 0 Å². The van der Waals surface area contributed by atoms with Gasteiger partial charge in [-0.1, -0.05) is 48.5 Å². The summed E-state index contributed by atoms with van der Waals surface area (Å²) in [5.74, 6) is 0.0878. The van der Waals surface area contributed by atoms with Crippen LogP contribution in [0.25, 0.3) is 0 Å². The number of ketones is 2. The summed E-state index contributed by atoms with van der Waals surface area (Å²) in [5.41, 5.74) is -1.78. The van der Waals surface area contributed by atoms with Crippen molar-refractivity contribution in [1.82, 2.24) is 0 Å². The smallest absolute Gasteiger partial charge is 0.151 e. The van der Waals surface area contributed by atoms with E-state index in [0.29, 0.717) is 6.42 Å². The van der Waals surface area contributed by atoms with Crippen molar-refractivity contribution in [1.29, 1.82) is 0 Å². The minimum absolute atomic E-state index is 0.0439. The minimum atomic E-state index is -0.851. The van der Waals surface area contributed by atoms with Gasteiger partial charge in [0, 0.05) is 10.8 Å². The summed E-state index contributed by atoms with van der Waals surface area (Å²) in [6.45, 7) is 14.9. The van der Waals surface area contributed by atoms with Crippen LogP contribution in [0, 0.1) is 16.2 Å². The molecule has 0 heterocycles. The fourth-order valence-electron chi connectivity index (χ4n) is 2.08. The normalized spacial score (nSPS) is 13.8. The van der Waals surface area contributed by atoms with Gasteiger partial charge in [-0.2, -0.15) is 0 Å². The highest BCUT2D eigenvalue weighted by molar-refractivity contribution is 6.10. The van der Waals surface area contributed by atoms with E-state index < -0.39 is 16.2 Å². The average molecular weight is 226 g/mol. The summed E-state index contributed by atoms with van der Waals surface area (Å²) < 4.78 is 0. The first-order chi connectivity index (χ1) is 6.87. The third-order valence-corrected chi connectivity index (χ3v) is 3.07. The highest BCUT2D eigenvalue weighted by atomic mass is 16.2. The number of hydrogen-bond acceptors (Lipinski definition) is 2. The predicted octanol–water partition coefficient (Wildman–Crippen LogP) is 3.63. The largest absolute Gasteiger partial charge is 0.298 e. The fourth-order valence-corrected chi connectivity index (χ4v) is 2.08. The van der Waals surface area contributed by atoms with Gasteiger partial charge in [-0.3, -0.25) is 9.59 Å². The van der Waals surface area contributed by atoms with E-state index in [1.807, 2.05) is 48.5 Å². The van der Waals surface area contributed by atoms with Gasteiger partial charge in [0.1, 0.15) is 0 Å². The van der Waals surface area contributed by atoms with E-state index in [4.69, 9.17) is 0 Å². The first-order valence-electron chi connectivity index (χ1n) is 5.97. The SMILES string of the molecule is CCC(C)(C(=O)C(C)(C)C)C(=O)C(C)(C)C. The van der Waals surface area contributed by atoms with Crippen molar-refractivity contribution in [2.75, 3.05) is 0 Å². The van der Waals surface area contributed by atoms with Crippen molar-refractivity contribution in [2.45, 2.75) is 61.8 Å². The van der Waals surface area contributed by atoms with E-state index in [-0.39, 0.29) is 11.6 Å². The molecule has 0 bridgehead atoms. The van der Waals surface area contributed by atoms with Gasteiger partial charge in [-0.15, -0.1) is 0 Å². The Morgan fingerprint density at radius 2 is 1.00 bits per heavy atom. The molecular weight excluding hydrogens is 200 g/mol. The van der Waals surface area contributed by atoms with Gasteiger partial charge < -0.3 is 0 Å². The van der Waals surface area contributed by atoms with E-state index in [2.05, 4.69) is 0 Å². The first kappa shape index (κ1) is 15.3. The lowest BCUT2D eigenvalue weighted by Crippen LogP contribution is -2.47. The van der Waals surface area contributed by atoms with E-state index in [1.165, 1.54) is 0 Å². The maximum Gasteiger partial charge on any atom is 0.151 e. The highest BCUT2D eigenvalue weighted by Gasteiger charge is 2.47. The Balaban J connectivity index is 5.40. The van der Waals surface area contributed by atoms with Gasteiger partial charge in [0.2, 0.25) is 0 Å². The molecule has 0 aromatic rings. The second-order valence-corrected chi connectivity index (χ2v) is 6.84. The maximum absolute atomic E-state index is 12.4. The van der Waals surface area contributed by atoms with Crippen molar-refractivity contribution >= 4 is 11.6 Å². The van der Waals surface area contributed by atoms with Gasteiger partial charge in [-0.25, -0.2) is 0 Å². The summed E-state index contributed by atoms with van der Waals surface area (Å²) in [6, 6.07) is 0. The molecule has 2 nitrogen and oxygen atoms in total. The highest BCUT2D eigenvalue weighted by Crippen LogP contribution is 2.38. The zero-order valence-corrected chi connectivity index (χ0v) is 12.0. The molecular formula is C14H26O2. The molecule has 0 saturated carbocycles. The van der Waals surface area contributed by atoms with Crippen molar-refractivity contribution < 1.29 is 9.59 Å². The summed E-state index contributed by atoms with van der Waals surface area (Å²) in [5, 5.41) is 0. The number of rotatable bonds is 3. The summed E-state index contributed by atoms with van der Waals surface area (Å²) in [6.07, 6.45) is 0.569. The molecule has 0 rings (SSSR count). The molecule has 0 atom stereocenters. The van der Waals surface area contributed by atoms with Crippen LogP contribution < -0.4 is 0 Å². The second-order valence-electron chi connectivity index (χ2n) is 6.84. The Labute approximate surface area is 99.8 Å². The molecule has 0 aliphatic carbocycles. The number of carbonyl (C=O) groups excluding carboxylic acids is 2. The zero-order chi connectivity index (χ0) is 13.4. The second kappa shape index (κ2) is 4.31. The lowest BCUT2D eigenvalue weighted by molar-refractivity contribution is -0.149. The Morgan fingerprint density at radius 3 is 1.12 bits per heavy atom. The van der Waals surface area contributed by atoms with Crippen LogP contribution in [0.2, 0.25) is 0 Å². The topological polar surface area (TPSA) is 34.1 Å². The molecule has 0 fully saturated rings. The molecule has 0 unspecified atom stereocenters. The molecule has 2 heteroatoms. The van der Waals surface area contributed by atoms with Gasteiger partial charge in [-0.05, 0) is 13.3 Å². The summed E-state index contributed by atoms with van der Waals surface area (Å²) in [7, 11) is 0. The number of Topliss-reactive ketones (excluding diaryl/α,β-unsaturated/α-hetero) is 2. The van der Waals surface area contributed by atoms with Crippen LogP contribution >= 0.6 is 0 Å². The molecule has 16 heavy (non-hydrogen) atoms. The maximum atomic E-state index is 12.4. The van der Waals surface area contributed by atoms with E-state index in [0.717, 1.165) is 0 Å². The van der Waals surface area contributed by atoms with Crippen molar-refractivity contribution in [3.8, 4) is 0 Å². The molecule has 0 aliphatic rings. The molecule has 0 N–H and O–H groups in total. The summed E-state index contributed by atoms with van der Waals surface area (Å²) >= 11 is 0. The predicted molar refractivity (Wildman–Crippen MR) is 67.3 cm³/mol. The Hall–Kier alpha value is -0.660. The lowest BCUT2D eigenvalue weighted by atomic mass is 9.64. The van der Waals surface area contributed by atoms with E-state index >= 15 is 0 Å². The molecule has 0 aromatic carbocycles. The number of hydrogen-bond donors (Lipinski definition) is 0. The molecule has 0 spiro atoms. The summed E-state index contributed by atoms with van der Waals surface area (Å²) in [4.78, 5) is 24.8. The van der Waals surface area contributed by atoms with Crippen LogP contribution in [0.1, 0.15) is 61.8 Å². The molecule has 0 amide bonds. The Bertz CT molecular complexity index is 261. The Morgan fingerprint density at radius 1 is 0.750 bits per heavy atom. The number of carbonyl (C=O) groups is 2.